The average molecular weight is 282 g/mol. The summed E-state index contributed by atoms with van der Waals surface area (Å²) in [5.74, 6) is 0.947. The molecular formula is C18H22N2O. The Balaban J connectivity index is 1.52. The molecule has 2 aromatic carbocycles. The minimum Gasteiger partial charge on any atom is -0.492 e. The van der Waals surface area contributed by atoms with Crippen molar-refractivity contribution in [2.75, 3.05) is 19.7 Å². The molecule has 0 fully saturated rings. The summed E-state index contributed by atoms with van der Waals surface area (Å²) < 4.78 is 5.78. The average Bonchev–Trinajstić information content (AvgIpc) is 2.55. The number of hydrogen-bond donors (Lipinski definition) is 1. The van der Waals surface area contributed by atoms with E-state index in [0.717, 1.165) is 38.4 Å². The summed E-state index contributed by atoms with van der Waals surface area (Å²) in [5.41, 5.74) is 9.82. The van der Waals surface area contributed by atoms with Crippen molar-refractivity contribution in [3.8, 4) is 5.75 Å². The van der Waals surface area contributed by atoms with E-state index in [4.69, 9.17) is 10.5 Å². The van der Waals surface area contributed by atoms with Crippen LogP contribution in [0, 0.1) is 0 Å². The van der Waals surface area contributed by atoms with Gasteiger partial charge in [0.1, 0.15) is 12.4 Å². The highest BCUT2D eigenvalue weighted by Gasteiger charge is 2.16. The van der Waals surface area contributed by atoms with Gasteiger partial charge in [-0.1, -0.05) is 36.4 Å². The molecule has 0 radical (unpaired) electrons. The maximum atomic E-state index is 5.78. The summed E-state index contributed by atoms with van der Waals surface area (Å²) in [4.78, 5) is 2.45. The summed E-state index contributed by atoms with van der Waals surface area (Å²) in [5, 5.41) is 0. The first-order valence-electron chi connectivity index (χ1n) is 7.56. The fourth-order valence-electron chi connectivity index (χ4n) is 2.79. The molecule has 0 unspecified atom stereocenters. The van der Waals surface area contributed by atoms with Crippen molar-refractivity contribution in [2.45, 2.75) is 19.5 Å². The summed E-state index contributed by atoms with van der Waals surface area (Å²) >= 11 is 0. The van der Waals surface area contributed by atoms with Crippen LogP contribution in [0.5, 0.6) is 5.75 Å². The van der Waals surface area contributed by atoms with Gasteiger partial charge in [-0.2, -0.15) is 0 Å². The summed E-state index contributed by atoms with van der Waals surface area (Å²) in [6.07, 6.45) is 1.11. The van der Waals surface area contributed by atoms with Gasteiger partial charge in [0.2, 0.25) is 0 Å². The highest BCUT2D eigenvalue weighted by Crippen LogP contribution is 2.20. The third-order valence-electron chi connectivity index (χ3n) is 4.02. The lowest BCUT2D eigenvalue weighted by Gasteiger charge is -2.29. The first-order valence-corrected chi connectivity index (χ1v) is 7.56. The van der Waals surface area contributed by atoms with Crippen LogP contribution in [0.2, 0.25) is 0 Å². The van der Waals surface area contributed by atoms with E-state index in [2.05, 4.69) is 23.1 Å². The Morgan fingerprint density at radius 2 is 1.90 bits per heavy atom. The lowest BCUT2D eigenvalue weighted by molar-refractivity contribution is 0.196. The SMILES string of the molecule is NCc1ccc2c(c1)CCN(CCOc1ccccc1)C2. The van der Waals surface area contributed by atoms with Crippen molar-refractivity contribution in [1.29, 1.82) is 0 Å². The molecule has 0 bridgehead atoms. The van der Waals surface area contributed by atoms with Crippen LogP contribution < -0.4 is 10.5 Å². The number of hydrogen-bond acceptors (Lipinski definition) is 3. The van der Waals surface area contributed by atoms with E-state index in [1.165, 1.54) is 16.7 Å². The van der Waals surface area contributed by atoms with Crippen LogP contribution in [0.4, 0.5) is 0 Å². The smallest absolute Gasteiger partial charge is 0.119 e. The monoisotopic (exact) mass is 282 g/mol. The maximum absolute atomic E-state index is 5.78. The Labute approximate surface area is 126 Å². The Hall–Kier alpha value is -1.84. The van der Waals surface area contributed by atoms with Crippen LogP contribution in [0.3, 0.4) is 0 Å². The predicted molar refractivity (Wildman–Crippen MR) is 85.3 cm³/mol. The highest BCUT2D eigenvalue weighted by atomic mass is 16.5. The van der Waals surface area contributed by atoms with Crippen LogP contribution in [0.25, 0.3) is 0 Å². The minimum absolute atomic E-state index is 0.627. The molecule has 2 aromatic rings. The van der Waals surface area contributed by atoms with E-state index in [1.54, 1.807) is 0 Å². The van der Waals surface area contributed by atoms with Crippen molar-refractivity contribution in [3.05, 3.63) is 65.2 Å². The fraction of sp³-hybridized carbons (Fsp3) is 0.333. The van der Waals surface area contributed by atoms with Gasteiger partial charge in [-0.05, 0) is 35.2 Å². The number of fused-ring (bicyclic) bond motifs is 1. The maximum Gasteiger partial charge on any atom is 0.119 e. The molecule has 0 amide bonds. The third kappa shape index (κ3) is 3.63. The van der Waals surface area contributed by atoms with Crippen LogP contribution in [-0.2, 0) is 19.5 Å². The zero-order valence-electron chi connectivity index (χ0n) is 12.3. The quantitative estimate of drug-likeness (QED) is 0.916. The molecule has 0 aliphatic carbocycles. The van der Waals surface area contributed by atoms with Gasteiger partial charge in [-0.3, -0.25) is 4.90 Å². The first-order chi connectivity index (χ1) is 10.3. The molecule has 2 N–H and O–H groups in total. The van der Waals surface area contributed by atoms with E-state index in [1.807, 2.05) is 30.3 Å². The second-order valence-corrected chi connectivity index (χ2v) is 5.49. The van der Waals surface area contributed by atoms with Gasteiger partial charge in [0.05, 0.1) is 0 Å². The standard InChI is InChI=1S/C18H22N2O/c19-13-15-6-7-17-14-20(9-8-16(17)12-15)10-11-21-18-4-2-1-3-5-18/h1-7,12H,8-11,13-14,19H2. The van der Waals surface area contributed by atoms with Gasteiger partial charge in [-0.25, -0.2) is 0 Å². The Morgan fingerprint density at radius 1 is 1.05 bits per heavy atom. The molecule has 0 atom stereocenters. The van der Waals surface area contributed by atoms with Gasteiger partial charge in [0, 0.05) is 26.2 Å². The number of benzene rings is 2. The van der Waals surface area contributed by atoms with Crippen LogP contribution >= 0.6 is 0 Å². The largest absolute Gasteiger partial charge is 0.492 e. The van der Waals surface area contributed by atoms with Crippen molar-refractivity contribution >= 4 is 0 Å². The number of para-hydroxylation sites is 1. The molecule has 21 heavy (non-hydrogen) atoms. The Bertz CT molecular complexity index is 583. The Morgan fingerprint density at radius 3 is 2.71 bits per heavy atom. The molecule has 0 saturated carbocycles. The molecule has 3 heteroatoms. The summed E-state index contributed by atoms with van der Waals surface area (Å²) in [6.45, 7) is 4.44. The molecule has 0 aromatic heterocycles. The first kappa shape index (κ1) is 14.1. The normalized spacial score (nSPS) is 14.7. The van der Waals surface area contributed by atoms with Crippen LogP contribution in [0.15, 0.2) is 48.5 Å². The van der Waals surface area contributed by atoms with E-state index < -0.39 is 0 Å². The second kappa shape index (κ2) is 6.74. The molecule has 110 valence electrons. The number of rotatable bonds is 5. The van der Waals surface area contributed by atoms with E-state index >= 15 is 0 Å². The molecule has 3 rings (SSSR count). The second-order valence-electron chi connectivity index (χ2n) is 5.49. The summed E-state index contributed by atoms with van der Waals surface area (Å²) in [6, 6.07) is 16.6. The van der Waals surface area contributed by atoms with Gasteiger partial charge in [0.25, 0.3) is 0 Å². The molecule has 1 aliphatic heterocycles. The van der Waals surface area contributed by atoms with E-state index in [0.29, 0.717) is 6.54 Å². The molecule has 0 saturated heterocycles. The number of ether oxygens (including phenoxy) is 1. The van der Waals surface area contributed by atoms with Gasteiger partial charge >= 0.3 is 0 Å². The van der Waals surface area contributed by atoms with E-state index in [9.17, 15) is 0 Å². The van der Waals surface area contributed by atoms with Gasteiger partial charge in [-0.15, -0.1) is 0 Å². The van der Waals surface area contributed by atoms with Crippen molar-refractivity contribution in [2.24, 2.45) is 5.73 Å². The topological polar surface area (TPSA) is 38.5 Å². The molecule has 1 heterocycles. The third-order valence-corrected chi connectivity index (χ3v) is 4.02. The molecular weight excluding hydrogens is 260 g/mol. The lowest BCUT2D eigenvalue weighted by Crippen LogP contribution is -2.33. The Kier molecular flexibility index (Phi) is 4.53. The van der Waals surface area contributed by atoms with Crippen molar-refractivity contribution < 1.29 is 4.74 Å². The van der Waals surface area contributed by atoms with Crippen molar-refractivity contribution in [3.63, 3.8) is 0 Å². The van der Waals surface area contributed by atoms with E-state index in [-0.39, 0.29) is 0 Å². The van der Waals surface area contributed by atoms with Crippen molar-refractivity contribution in [1.82, 2.24) is 4.90 Å². The van der Waals surface area contributed by atoms with Crippen LogP contribution in [0.1, 0.15) is 16.7 Å². The molecule has 3 nitrogen and oxygen atoms in total. The number of nitrogens with two attached hydrogens (primary N) is 1. The lowest BCUT2D eigenvalue weighted by atomic mass is 9.97. The van der Waals surface area contributed by atoms with Crippen LogP contribution in [-0.4, -0.2) is 24.6 Å². The summed E-state index contributed by atoms with van der Waals surface area (Å²) in [7, 11) is 0. The molecule has 0 spiro atoms. The fourth-order valence-corrected chi connectivity index (χ4v) is 2.79. The molecule has 1 aliphatic rings. The minimum atomic E-state index is 0.627. The van der Waals surface area contributed by atoms with Gasteiger partial charge in [0.15, 0.2) is 0 Å². The van der Waals surface area contributed by atoms with Gasteiger partial charge < -0.3 is 10.5 Å². The highest BCUT2D eigenvalue weighted by molar-refractivity contribution is 5.33. The zero-order valence-corrected chi connectivity index (χ0v) is 12.3. The zero-order chi connectivity index (χ0) is 14.5. The number of nitrogens with zero attached hydrogens (tertiary/aromatic N) is 1. The predicted octanol–water partition coefficient (Wildman–Crippen LogP) is 2.58.